The van der Waals surface area contributed by atoms with Gasteiger partial charge in [0.1, 0.15) is 11.5 Å². The van der Waals surface area contributed by atoms with Crippen LogP contribution in [0, 0.1) is 0 Å². The van der Waals surface area contributed by atoms with Gasteiger partial charge in [0.15, 0.2) is 5.82 Å². The van der Waals surface area contributed by atoms with Gasteiger partial charge in [-0.3, -0.25) is 0 Å². The average Bonchev–Trinajstić information content (AvgIpc) is 2.52. The van der Waals surface area contributed by atoms with Gasteiger partial charge in [-0.25, -0.2) is 0 Å². The normalized spacial score (nSPS) is 10.7. The van der Waals surface area contributed by atoms with E-state index in [4.69, 9.17) is 32.7 Å². The summed E-state index contributed by atoms with van der Waals surface area (Å²) < 4.78 is 10.9. The third kappa shape index (κ3) is 2.53. The molecule has 5 nitrogen and oxygen atoms in total. The predicted molar refractivity (Wildman–Crippen MR) is 85.9 cm³/mol. The van der Waals surface area contributed by atoms with Gasteiger partial charge in [0.25, 0.3) is 0 Å². The first-order valence-corrected chi connectivity index (χ1v) is 7.10. The van der Waals surface area contributed by atoms with E-state index in [-0.39, 0.29) is 10.6 Å². The van der Waals surface area contributed by atoms with Gasteiger partial charge in [-0.05, 0) is 41.4 Å². The first-order chi connectivity index (χ1) is 10.6. The Hall–Kier alpha value is -2.11. The molecule has 0 amide bonds. The van der Waals surface area contributed by atoms with Crippen LogP contribution in [0.1, 0.15) is 0 Å². The molecule has 1 aromatic heterocycles. The number of aromatic nitrogens is 3. The van der Waals surface area contributed by atoms with E-state index >= 15 is 0 Å². The number of nitrogens with zero attached hydrogens (tertiary/aromatic N) is 3. The summed E-state index contributed by atoms with van der Waals surface area (Å²) in [5.74, 6) is 1.78. The Morgan fingerprint density at radius 2 is 1.50 bits per heavy atom. The standard InChI is InChI=1S/C15H11Cl2N3O2/c1-21-10-7-6-9(13-18-14(16)20-15(17)19-13)12-8(10)4-3-5-11(12)22-2/h3-7H,1-2H3. The average molecular weight is 336 g/mol. The zero-order valence-corrected chi connectivity index (χ0v) is 13.3. The molecule has 0 radical (unpaired) electrons. The van der Waals surface area contributed by atoms with Crippen LogP contribution < -0.4 is 9.47 Å². The van der Waals surface area contributed by atoms with Crippen molar-refractivity contribution in [3.8, 4) is 22.9 Å². The van der Waals surface area contributed by atoms with Crippen molar-refractivity contribution < 1.29 is 9.47 Å². The van der Waals surface area contributed by atoms with E-state index in [2.05, 4.69) is 15.0 Å². The summed E-state index contributed by atoms with van der Waals surface area (Å²) in [7, 11) is 3.22. The highest BCUT2D eigenvalue weighted by atomic mass is 35.5. The lowest BCUT2D eigenvalue weighted by molar-refractivity contribution is 0.415. The van der Waals surface area contributed by atoms with Gasteiger partial charge in [-0.15, -0.1) is 0 Å². The lowest BCUT2D eigenvalue weighted by atomic mass is 10.0. The third-order valence-corrected chi connectivity index (χ3v) is 3.56. The molecule has 7 heteroatoms. The highest BCUT2D eigenvalue weighted by molar-refractivity contribution is 6.31. The van der Waals surface area contributed by atoms with Crippen LogP contribution in [-0.2, 0) is 0 Å². The maximum Gasteiger partial charge on any atom is 0.227 e. The lowest BCUT2D eigenvalue weighted by Crippen LogP contribution is -1.97. The molecule has 0 saturated carbocycles. The number of rotatable bonds is 3. The molecule has 0 bridgehead atoms. The maximum absolute atomic E-state index is 5.88. The zero-order valence-electron chi connectivity index (χ0n) is 11.8. The van der Waals surface area contributed by atoms with E-state index < -0.39 is 0 Å². The second-order valence-electron chi connectivity index (χ2n) is 4.40. The summed E-state index contributed by atoms with van der Waals surface area (Å²) >= 11 is 11.8. The first kappa shape index (κ1) is 14.8. The van der Waals surface area contributed by atoms with Crippen molar-refractivity contribution in [1.29, 1.82) is 0 Å². The van der Waals surface area contributed by atoms with E-state index in [1.54, 1.807) is 14.2 Å². The van der Waals surface area contributed by atoms with Gasteiger partial charge in [-0.1, -0.05) is 12.1 Å². The van der Waals surface area contributed by atoms with Crippen LogP contribution in [0.4, 0.5) is 0 Å². The Bertz CT molecular complexity index is 835. The van der Waals surface area contributed by atoms with E-state index in [1.807, 2.05) is 30.3 Å². The molecular weight excluding hydrogens is 325 g/mol. The molecule has 1 heterocycles. The van der Waals surface area contributed by atoms with Gasteiger partial charge < -0.3 is 9.47 Å². The smallest absolute Gasteiger partial charge is 0.227 e. The molecule has 0 aliphatic carbocycles. The molecule has 112 valence electrons. The van der Waals surface area contributed by atoms with E-state index in [0.29, 0.717) is 11.6 Å². The highest BCUT2D eigenvalue weighted by Gasteiger charge is 2.15. The van der Waals surface area contributed by atoms with Gasteiger partial charge in [0.05, 0.1) is 14.2 Å². The minimum absolute atomic E-state index is 0.0360. The summed E-state index contributed by atoms with van der Waals surface area (Å²) in [5, 5.41) is 1.78. The molecule has 2 aromatic carbocycles. The first-order valence-electron chi connectivity index (χ1n) is 6.35. The Kier molecular flexibility index (Phi) is 4.00. The minimum Gasteiger partial charge on any atom is -0.496 e. The second-order valence-corrected chi connectivity index (χ2v) is 5.07. The van der Waals surface area contributed by atoms with Crippen LogP contribution in [0.5, 0.6) is 11.5 Å². The summed E-state index contributed by atoms with van der Waals surface area (Å²) in [4.78, 5) is 12.1. The maximum atomic E-state index is 5.88. The van der Waals surface area contributed by atoms with Crippen molar-refractivity contribution >= 4 is 34.0 Å². The molecule has 3 rings (SSSR count). The van der Waals surface area contributed by atoms with Crippen molar-refractivity contribution in [2.24, 2.45) is 0 Å². The summed E-state index contributed by atoms with van der Waals surface area (Å²) in [5.41, 5.74) is 0.736. The number of hydrogen-bond acceptors (Lipinski definition) is 5. The Morgan fingerprint density at radius 1 is 0.818 bits per heavy atom. The van der Waals surface area contributed by atoms with Crippen LogP contribution in [0.3, 0.4) is 0 Å². The SMILES string of the molecule is COc1ccc(-c2nc(Cl)nc(Cl)n2)c2c(OC)cccc12. The molecule has 0 aliphatic rings. The fraction of sp³-hybridized carbons (Fsp3) is 0.133. The second kappa shape index (κ2) is 5.94. The van der Waals surface area contributed by atoms with Crippen LogP contribution >= 0.6 is 23.2 Å². The Morgan fingerprint density at radius 3 is 2.14 bits per heavy atom. The van der Waals surface area contributed by atoms with Gasteiger partial charge in [-0.2, -0.15) is 15.0 Å². The molecular formula is C15H11Cl2N3O2. The molecule has 3 aromatic rings. The number of halogens is 2. The summed E-state index contributed by atoms with van der Waals surface area (Å²) in [6, 6.07) is 9.36. The van der Waals surface area contributed by atoms with Gasteiger partial charge in [0.2, 0.25) is 10.6 Å². The van der Waals surface area contributed by atoms with Crippen molar-refractivity contribution in [3.05, 3.63) is 40.9 Å². The van der Waals surface area contributed by atoms with E-state index in [1.165, 1.54) is 0 Å². The number of methoxy groups -OCH3 is 2. The number of ether oxygens (including phenoxy) is 2. The van der Waals surface area contributed by atoms with Crippen molar-refractivity contribution in [2.75, 3.05) is 14.2 Å². The Balaban J connectivity index is 2.39. The number of hydrogen-bond donors (Lipinski definition) is 0. The molecule has 0 N–H and O–H groups in total. The topological polar surface area (TPSA) is 57.1 Å². The van der Waals surface area contributed by atoms with Crippen LogP contribution in [-0.4, -0.2) is 29.2 Å². The highest BCUT2D eigenvalue weighted by Crippen LogP contribution is 2.38. The molecule has 0 saturated heterocycles. The fourth-order valence-corrected chi connectivity index (χ4v) is 2.69. The molecule has 0 atom stereocenters. The van der Waals surface area contributed by atoms with E-state index in [9.17, 15) is 0 Å². The minimum atomic E-state index is 0.0360. The molecule has 0 spiro atoms. The summed E-state index contributed by atoms with van der Waals surface area (Å²) in [6.45, 7) is 0. The van der Waals surface area contributed by atoms with Crippen molar-refractivity contribution in [1.82, 2.24) is 15.0 Å². The largest absolute Gasteiger partial charge is 0.496 e. The molecule has 0 unspecified atom stereocenters. The molecule has 22 heavy (non-hydrogen) atoms. The third-order valence-electron chi connectivity index (χ3n) is 3.22. The number of benzene rings is 2. The van der Waals surface area contributed by atoms with Crippen LogP contribution in [0.15, 0.2) is 30.3 Å². The van der Waals surface area contributed by atoms with Crippen molar-refractivity contribution in [3.63, 3.8) is 0 Å². The van der Waals surface area contributed by atoms with E-state index in [0.717, 1.165) is 22.1 Å². The number of fused-ring (bicyclic) bond motifs is 1. The Labute approximate surface area is 136 Å². The summed E-state index contributed by atoms with van der Waals surface area (Å²) in [6.07, 6.45) is 0. The lowest BCUT2D eigenvalue weighted by Gasteiger charge is -2.13. The van der Waals surface area contributed by atoms with Gasteiger partial charge >= 0.3 is 0 Å². The predicted octanol–water partition coefficient (Wildman–Crippen LogP) is 4.02. The quantitative estimate of drug-likeness (QED) is 0.723. The van der Waals surface area contributed by atoms with Crippen molar-refractivity contribution in [2.45, 2.75) is 0 Å². The molecule has 0 aliphatic heterocycles. The van der Waals surface area contributed by atoms with Crippen LogP contribution in [0.2, 0.25) is 10.6 Å². The van der Waals surface area contributed by atoms with Crippen LogP contribution in [0.25, 0.3) is 22.2 Å². The zero-order chi connectivity index (χ0) is 15.7. The molecule has 0 fully saturated rings. The van der Waals surface area contributed by atoms with Gasteiger partial charge in [0, 0.05) is 16.3 Å². The monoisotopic (exact) mass is 335 g/mol. The fourth-order valence-electron chi connectivity index (χ4n) is 2.33.